The van der Waals surface area contributed by atoms with Crippen molar-refractivity contribution in [3.8, 4) is 17.2 Å². The van der Waals surface area contributed by atoms with Crippen LogP contribution in [0.5, 0.6) is 17.2 Å². The Hall–Kier alpha value is -2.60. The van der Waals surface area contributed by atoms with Gasteiger partial charge < -0.3 is 24.4 Å². The largest absolute Gasteiger partial charge is 0.497 e. The fourth-order valence-electron chi connectivity index (χ4n) is 3.65. The van der Waals surface area contributed by atoms with Gasteiger partial charge >= 0.3 is 0 Å². The van der Waals surface area contributed by atoms with Crippen LogP contribution in [0, 0.1) is 0 Å². The molecule has 1 heterocycles. The highest BCUT2D eigenvalue weighted by Crippen LogP contribution is 2.37. The fraction of sp³-hybridized carbons (Fsp3) is 0.458. The van der Waals surface area contributed by atoms with Crippen molar-refractivity contribution in [1.82, 2.24) is 5.32 Å². The van der Waals surface area contributed by atoms with Gasteiger partial charge in [-0.15, -0.1) is 0 Å². The van der Waals surface area contributed by atoms with E-state index in [9.17, 15) is 4.79 Å². The number of amides is 1. The van der Waals surface area contributed by atoms with Crippen molar-refractivity contribution in [2.24, 2.45) is 0 Å². The number of halogens is 1. The number of piperidine rings is 1. The Morgan fingerprint density at radius 3 is 2.45 bits per heavy atom. The average molecular weight is 447 g/mol. The number of ether oxygens (including phenoxy) is 3. The summed E-state index contributed by atoms with van der Waals surface area (Å²) in [5, 5.41) is 3.53. The molecule has 0 unspecified atom stereocenters. The third-order valence-corrected chi connectivity index (χ3v) is 5.57. The van der Waals surface area contributed by atoms with Gasteiger partial charge in [0, 0.05) is 30.4 Å². The number of nitrogens with one attached hydrogen (secondary N) is 1. The van der Waals surface area contributed by atoms with Crippen LogP contribution < -0.4 is 24.4 Å². The van der Waals surface area contributed by atoms with Crippen LogP contribution in [0.15, 0.2) is 36.4 Å². The first-order chi connectivity index (χ1) is 15.0. The fourth-order valence-corrected chi connectivity index (χ4v) is 3.92. The first-order valence-electron chi connectivity index (χ1n) is 10.8. The van der Waals surface area contributed by atoms with Gasteiger partial charge in [0.2, 0.25) is 0 Å². The summed E-state index contributed by atoms with van der Waals surface area (Å²) in [5.41, 5.74) is 1.65. The molecule has 1 fully saturated rings. The average Bonchev–Trinajstić information content (AvgIpc) is 2.79. The summed E-state index contributed by atoms with van der Waals surface area (Å²) in [7, 11) is 1.67. The number of carbonyl (C=O) groups is 1. The molecule has 2 aromatic rings. The van der Waals surface area contributed by atoms with Crippen LogP contribution in [0.3, 0.4) is 0 Å². The van der Waals surface area contributed by atoms with Crippen molar-refractivity contribution in [3.05, 3.63) is 47.0 Å². The number of anilines is 1. The molecule has 1 aliphatic rings. The second-order valence-electron chi connectivity index (χ2n) is 7.50. The smallest absolute Gasteiger partial charge is 0.251 e. The maximum absolute atomic E-state index is 12.9. The van der Waals surface area contributed by atoms with E-state index >= 15 is 0 Å². The second-order valence-corrected chi connectivity index (χ2v) is 7.91. The standard InChI is InChI=1S/C24H31ClN2O4/c1-4-14-31-23-21(25)15-17(16-22(23)30-5-2)24(28)26-18-10-12-27(13-11-18)19-6-8-20(29-3)9-7-19/h6-9,15-16,18H,4-5,10-14H2,1-3H3,(H,26,28). The van der Waals surface area contributed by atoms with Crippen LogP contribution in [0.2, 0.25) is 5.02 Å². The molecule has 1 saturated heterocycles. The summed E-state index contributed by atoms with van der Waals surface area (Å²) in [5.74, 6) is 1.70. The van der Waals surface area contributed by atoms with Gasteiger partial charge in [-0.2, -0.15) is 0 Å². The number of hydrogen-bond acceptors (Lipinski definition) is 5. The molecule has 0 saturated carbocycles. The number of rotatable bonds is 9. The second kappa shape index (κ2) is 11.1. The van der Waals surface area contributed by atoms with E-state index in [0.29, 0.717) is 35.3 Å². The lowest BCUT2D eigenvalue weighted by molar-refractivity contribution is 0.0930. The monoisotopic (exact) mass is 446 g/mol. The van der Waals surface area contributed by atoms with Crippen LogP contribution in [0.4, 0.5) is 5.69 Å². The molecule has 1 N–H and O–H groups in total. The Balaban J connectivity index is 1.61. The Labute approximate surface area is 189 Å². The van der Waals surface area contributed by atoms with E-state index in [-0.39, 0.29) is 11.9 Å². The third kappa shape index (κ3) is 5.97. The van der Waals surface area contributed by atoms with Gasteiger partial charge in [0.15, 0.2) is 11.5 Å². The molecule has 0 radical (unpaired) electrons. The van der Waals surface area contributed by atoms with Crippen LogP contribution in [-0.4, -0.2) is 45.4 Å². The minimum atomic E-state index is -0.146. The van der Waals surface area contributed by atoms with Gasteiger partial charge in [0.1, 0.15) is 5.75 Å². The molecule has 0 aliphatic carbocycles. The Morgan fingerprint density at radius 1 is 1.13 bits per heavy atom. The van der Waals surface area contributed by atoms with E-state index < -0.39 is 0 Å². The SMILES string of the molecule is CCCOc1c(Cl)cc(C(=O)NC2CCN(c3ccc(OC)cc3)CC2)cc1OCC. The summed E-state index contributed by atoms with van der Waals surface area (Å²) < 4.78 is 16.6. The molecule has 6 nitrogen and oxygen atoms in total. The van der Waals surface area contributed by atoms with Gasteiger partial charge in [-0.1, -0.05) is 18.5 Å². The summed E-state index contributed by atoms with van der Waals surface area (Å²) >= 11 is 6.40. The first-order valence-corrected chi connectivity index (χ1v) is 11.2. The molecule has 0 aromatic heterocycles. The van der Waals surface area contributed by atoms with E-state index in [1.807, 2.05) is 26.0 Å². The van der Waals surface area contributed by atoms with E-state index in [1.54, 1.807) is 19.2 Å². The summed E-state index contributed by atoms with van der Waals surface area (Å²) in [6.07, 6.45) is 2.61. The summed E-state index contributed by atoms with van der Waals surface area (Å²) in [6, 6.07) is 11.5. The van der Waals surface area contributed by atoms with Crippen molar-refractivity contribution >= 4 is 23.2 Å². The summed E-state index contributed by atoms with van der Waals surface area (Å²) in [6.45, 7) is 6.68. The van der Waals surface area contributed by atoms with Crippen molar-refractivity contribution in [3.63, 3.8) is 0 Å². The Kier molecular flexibility index (Phi) is 8.29. The highest BCUT2D eigenvalue weighted by molar-refractivity contribution is 6.32. The van der Waals surface area contributed by atoms with E-state index in [4.69, 9.17) is 25.8 Å². The number of nitrogens with zero attached hydrogens (tertiary/aromatic N) is 1. The molecule has 0 atom stereocenters. The van der Waals surface area contributed by atoms with Crippen LogP contribution in [-0.2, 0) is 0 Å². The number of carbonyl (C=O) groups excluding carboxylic acids is 1. The molecule has 0 bridgehead atoms. The van der Waals surface area contributed by atoms with Crippen molar-refractivity contribution in [2.45, 2.75) is 39.2 Å². The van der Waals surface area contributed by atoms with Crippen LogP contribution >= 0.6 is 11.6 Å². The lowest BCUT2D eigenvalue weighted by atomic mass is 10.0. The van der Waals surface area contributed by atoms with Gasteiger partial charge in [-0.3, -0.25) is 4.79 Å². The third-order valence-electron chi connectivity index (χ3n) is 5.29. The van der Waals surface area contributed by atoms with Gasteiger partial charge in [-0.05, 0) is 62.6 Å². The van der Waals surface area contributed by atoms with Crippen LogP contribution in [0.25, 0.3) is 0 Å². The lowest BCUT2D eigenvalue weighted by Crippen LogP contribution is -2.44. The molecular formula is C24H31ClN2O4. The lowest BCUT2D eigenvalue weighted by Gasteiger charge is -2.34. The normalized spacial score (nSPS) is 14.3. The Morgan fingerprint density at radius 2 is 1.84 bits per heavy atom. The van der Waals surface area contributed by atoms with Crippen molar-refractivity contribution in [1.29, 1.82) is 0 Å². The molecule has 1 amide bonds. The molecule has 168 valence electrons. The van der Waals surface area contributed by atoms with Crippen LogP contribution in [0.1, 0.15) is 43.5 Å². The maximum Gasteiger partial charge on any atom is 0.251 e. The molecule has 31 heavy (non-hydrogen) atoms. The highest BCUT2D eigenvalue weighted by Gasteiger charge is 2.23. The molecule has 1 aliphatic heterocycles. The summed E-state index contributed by atoms with van der Waals surface area (Å²) in [4.78, 5) is 15.2. The zero-order valence-corrected chi connectivity index (χ0v) is 19.2. The first kappa shape index (κ1) is 23.1. The molecule has 0 spiro atoms. The quantitative estimate of drug-likeness (QED) is 0.591. The van der Waals surface area contributed by atoms with Gasteiger partial charge in [0.05, 0.1) is 25.3 Å². The van der Waals surface area contributed by atoms with Gasteiger partial charge in [0.25, 0.3) is 5.91 Å². The minimum absolute atomic E-state index is 0.118. The minimum Gasteiger partial charge on any atom is -0.497 e. The zero-order chi connectivity index (χ0) is 22.2. The molecule has 3 rings (SSSR count). The van der Waals surface area contributed by atoms with Crippen molar-refractivity contribution in [2.75, 3.05) is 38.3 Å². The predicted octanol–water partition coefficient (Wildman–Crippen LogP) is 4.93. The maximum atomic E-state index is 12.9. The Bertz CT molecular complexity index is 865. The highest BCUT2D eigenvalue weighted by atomic mass is 35.5. The zero-order valence-electron chi connectivity index (χ0n) is 18.4. The van der Waals surface area contributed by atoms with Gasteiger partial charge in [-0.25, -0.2) is 0 Å². The molecular weight excluding hydrogens is 416 g/mol. The molecule has 7 heteroatoms. The van der Waals surface area contributed by atoms with E-state index in [2.05, 4.69) is 22.3 Å². The predicted molar refractivity (Wildman–Crippen MR) is 124 cm³/mol. The molecule has 2 aromatic carbocycles. The van der Waals surface area contributed by atoms with E-state index in [0.717, 1.165) is 38.1 Å². The van der Waals surface area contributed by atoms with Crippen molar-refractivity contribution < 1.29 is 19.0 Å². The number of methoxy groups -OCH3 is 1. The number of benzene rings is 2. The topological polar surface area (TPSA) is 60.0 Å². The van der Waals surface area contributed by atoms with E-state index in [1.165, 1.54) is 5.69 Å². The number of hydrogen-bond donors (Lipinski definition) is 1.